The lowest BCUT2D eigenvalue weighted by molar-refractivity contribution is -0.133. The number of carbonyl (C=O) groups is 2. The van der Waals surface area contributed by atoms with Crippen molar-refractivity contribution in [2.24, 2.45) is 0 Å². The lowest BCUT2D eigenvalue weighted by atomic mass is 10.0. The number of hydrogen-bond donors (Lipinski definition) is 1. The summed E-state index contributed by atoms with van der Waals surface area (Å²) in [6, 6.07) is 13.7. The van der Waals surface area contributed by atoms with Crippen molar-refractivity contribution in [3.63, 3.8) is 0 Å². The standard InChI is InChI=1S/C21H27N3O2S/c1-17(25)22-20(18-6-3-2-4-7-18)16-21(26)24-13-11-23(12-14-24)10-9-19-8-5-15-27-19/h2-8,15,20H,9-14,16H2,1H3,(H,22,25). The fraction of sp³-hybridized carbons (Fsp3) is 0.429. The van der Waals surface area contributed by atoms with Gasteiger partial charge in [0.05, 0.1) is 12.5 Å². The summed E-state index contributed by atoms with van der Waals surface area (Å²) in [7, 11) is 0. The fourth-order valence-electron chi connectivity index (χ4n) is 3.43. The van der Waals surface area contributed by atoms with E-state index in [-0.39, 0.29) is 17.9 Å². The monoisotopic (exact) mass is 385 g/mol. The van der Waals surface area contributed by atoms with E-state index in [0.29, 0.717) is 6.42 Å². The number of thiophene rings is 1. The molecule has 5 nitrogen and oxygen atoms in total. The van der Waals surface area contributed by atoms with Crippen molar-refractivity contribution in [2.45, 2.75) is 25.8 Å². The predicted molar refractivity (Wildman–Crippen MR) is 109 cm³/mol. The van der Waals surface area contributed by atoms with Crippen LogP contribution in [-0.2, 0) is 16.0 Å². The minimum atomic E-state index is -0.270. The van der Waals surface area contributed by atoms with Gasteiger partial charge in [0.25, 0.3) is 0 Å². The van der Waals surface area contributed by atoms with Crippen LogP contribution in [-0.4, -0.2) is 54.3 Å². The van der Waals surface area contributed by atoms with Crippen molar-refractivity contribution in [1.29, 1.82) is 0 Å². The van der Waals surface area contributed by atoms with Crippen LogP contribution in [0.4, 0.5) is 0 Å². The van der Waals surface area contributed by atoms with Crippen LogP contribution in [0.25, 0.3) is 0 Å². The van der Waals surface area contributed by atoms with E-state index >= 15 is 0 Å². The molecule has 1 aromatic carbocycles. The molecule has 1 unspecified atom stereocenters. The van der Waals surface area contributed by atoms with Gasteiger partial charge < -0.3 is 10.2 Å². The fourth-order valence-corrected chi connectivity index (χ4v) is 4.13. The van der Waals surface area contributed by atoms with E-state index in [1.54, 1.807) is 11.3 Å². The molecule has 1 N–H and O–H groups in total. The van der Waals surface area contributed by atoms with Gasteiger partial charge in [-0.15, -0.1) is 11.3 Å². The second kappa shape index (κ2) is 9.67. The number of amides is 2. The lowest BCUT2D eigenvalue weighted by Crippen LogP contribution is -2.49. The number of hydrogen-bond acceptors (Lipinski definition) is 4. The van der Waals surface area contributed by atoms with Gasteiger partial charge in [0.15, 0.2) is 0 Å². The Labute approximate surface area is 165 Å². The summed E-state index contributed by atoms with van der Waals surface area (Å²) >= 11 is 1.80. The summed E-state index contributed by atoms with van der Waals surface area (Å²) < 4.78 is 0. The molecule has 1 aliphatic heterocycles. The van der Waals surface area contributed by atoms with E-state index in [9.17, 15) is 9.59 Å². The smallest absolute Gasteiger partial charge is 0.225 e. The first kappa shape index (κ1) is 19.6. The van der Waals surface area contributed by atoms with Crippen molar-refractivity contribution in [3.05, 3.63) is 58.3 Å². The van der Waals surface area contributed by atoms with Gasteiger partial charge in [-0.1, -0.05) is 36.4 Å². The Morgan fingerprint density at radius 2 is 1.81 bits per heavy atom. The molecule has 2 amide bonds. The molecule has 1 saturated heterocycles. The third-order valence-corrected chi connectivity index (χ3v) is 5.87. The first-order chi connectivity index (χ1) is 13.1. The molecule has 2 aromatic rings. The zero-order valence-electron chi connectivity index (χ0n) is 15.8. The molecule has 1 fully saturated rings. The zero-order chi connectivity index (χ0) is 19.1. The number of rotatable bonds is 7. The summed E-state index contributed by atoms with van der Waals surface area (Å²) in [5.41, 5.74) is 0.968. The van der Waals surface area contributed by atoms with Gasteiger partial charge in [0.1, 0.15) is 0 Å². The van der Waals surface area contributed by atoms with E-state index in [4.69, 9.17) is 0 Å². The largest absolute Gasteiger partial charge is 0.349 e. The topological polar surface area (TPSA) is 52.7 Å². The van der Waals surface area contributed by atoms with Crippen LogP contribution in [0.2, 0.25) is 0 Å². The highest BCUT2D eigenvalue weighted by atomic mass is 32.1. The molecule has 1 atom stereocenters. The molecule has 6 heteroatoms. The van der Waals surface area contributed by atoms with Gasteiger partial charge in [0, 0.05) is 44.5 Å². The molecule has 2 heterocycles. The molecule has 1 aliphatic rings. The summed E-state index contributed by atoms with van der Waals surface area (Å²) in [5, 5.41) is 5.03. The second-order valence-electron chi connectivity index (χ2n) is 6.92. The van der Waals surface area contributed by atoms with Gasteiger partial charge in [-0.25, -0.2) is 0 Å². The van der Waals surface area contributed by atoms with Gasteiger partial charge in [-0.05, 0) is 23.4 Å². The highest BCUT2D eigenvalue weighted by Crippen LogP contribution is 2.19. The number of nitrogens with zero attached hydrogens (tertiary/aromatic N) is 2. The number of carbonyl (C=O) groups excluding carboxylic acids is 2. The maximum absolute atomic E-state index is 12.8. The molecular formula is C21H27N3O2S. The molecule has 0 saturated carbocycles. The Bertz CT molecular complexity index is 725. The third-order valence-electron chi connectivity index (χ3n) is 4.94. The van der Waals surface area contributed by atoms with Crippen molar-refractivity contribution in [3.8, 4) is 0 Å². The van der Waals surface area contributed by atoms with Crippen molar-refractivity contribution >= 4 is 23.2 Å². The number of nitrogens with one attached hydrogen (secondary N) is 1. The average molecular weight is 386 g/mol. The molecule has 1 aromatic heterocycles. The van der Waals surface area contributed by atoms with Gasteiger partial charge in [-0.2, -0.15) is 0 Å². The van der Waals surface area contributed by atoms with Crippen LogP contribution in [0.1, 0.15) is 29.8 Å². The number of piperazine rings is 1. The Hall–Kier alpha value is -2.18. The summed E-state index contributed by atoms with van der Waals surface area (Å²) in [5.74, 6) is -0.00874. The highest BCUT2D eigenvalue weighted by Gasteiger charge is 2.24. The molecule has 0 bridgehead atoms. The Kier molecular flexibility index (Phi) is 7.01. The van der Waals surface area contributed by atoms with E-state index in [0.717, 1.165) is 44.7 Å². The molecule has 144 valence electrons. The van der Waals surface area contributed by atoms with E-state index in [1.165, 1.54) is 11.8 Å². The first-order valence-corrected chi connectivity index (χ1v) is 10.3. The van der Waals surface area contributed by atoms with Crippen LogP contribution >= 0.6 is 11.3 Å². The summed E-state index contributed by atoms with van der Waals surface area (Å²) in [6.07, 6.45) is 1.38. The molecular weight excluding hydrogens is 358 g/mol. The van der Waals surface area contributed by atoms with Crippen LogP contribution in [0.3, 0.4) is 0 Å². The number of benzene rings is 1. The van der Waals surface area contributed by atoms with E-state index < -0.39 is 0 Å². The minimum Gasteiger partial charge on any atom is -0.349 e. The molecule has 0 aliphatic carbocycles. The quantitative estimate of drug-likeness (QED) is 0.797. The molecule has 0 spiro atoms. The molecule has 27 heavy (non-hydrogen) atoms. The van der Waals surface area contributed by atoms with Crippen molar-refractivity contribution < 1.29 is 9.59 Å². The van der Waals surface area contributed by atoms with Gasteiger partial charge >= 0.3 is 0 Å². The van der Waals surface area contributed by atoms with Crippen molar-refractivity contribution in [1.82, 2.24) is 15.1 Å². The minimum absolute atomic E-state index is 0.107. The van der Waals surface area contributed by atoms with Crippen LogP contribution in [0.15, 0.2) is 47.8 Å². The predicted octanol–water partition coefficient (Wildman–Crippen LogP) is 2.70. The summed E-state index contributed by atoms with van der Waals surface area (Å²) in [6.45, 7) is 5.87. The SMILES string of the molecule is CC(=O)NC(CC(=O)N1CCN(CCc2cccs2)CC1)c1ccccc1. The summed E-state index contributed by atoms with van der Waals surface area (Å²) in [4.78, 5) is 30.1. The average Bonchev–Trinajstić information content (AvgIpc) is 3.20. The Morgan fingerprint density at radius 1 is 1.07 bits per heavy atom. The maximum Gasteiger partial charge on any atom is 0.225 e. The zero-order valence-corrected chi connectivity index (χ0v) is 16.6. The molecule has 3 rings (SSSR count). The van der Waals surface area contributed by atoms with Gasteiger partial charge in [0.2, 0.25) is 11.8 Å². The highest BCUT2D eigenvalue weighted by molar-refractivity contribution is 7.09. The van der Waals surface area contributed by atoms with E-state index in [1.807, 2.05) is 35.2 Å². The van der Waals surface area contributed by atoms with Crippen LogP contribution < -0.4 is 5.32 Å². The second-order valence-corrected chi connectivity index (χ2v) is 7.95. The first-order valence-electron chi connectivity index (χ1n) is 9.46. The van der Waals surface area contributed by atoms with Crippen LogP contribution in [0.5, 0.6) is 0 Å². The normalized spacial score (nSPS) is 16.1. The third kappa shape index (κ3) is 5.91. The van der Waals surface area contributed by atoms with Crippen molar-refractivity contribution in [2.75, 3.05) is 32.7 Å². The molecule has 0 radical (unpaired) electrons. The van der Waals surface area contributed by atoms with Gasteiger partial charge in [-0.3, -0.25) is 14.5 Å². The Balaban J connectivity index is 1.49. The maximum atomic E-state index is 12.8. The van der Waals surface area contributed by atoms with Crippen LogP contribution in [0, 0.1) is 0 Å². The lowest BCUT2D eigenvalue weighted by Gasteiger charge is -2.35. The van der Waals surface area contributed by atoms with E-state index in [2.05, 4.69) is 27.7 Å². The Morgan fingerprint density at radius 3 is 2.44 bits per heavy atom.